The predicted molar refractivity (Wildman–Crippen MR) is 91.1 cm³/mol. The van der Waals surface area contributed by atoms with Gasteiger partial charge in [-0.3, -0.25) is 9.78 Å². The summed E-state index contributed by atoms with van der Waals surface area (Å²) in [6.45, 7) is 2.94. The van der Waals surface area contributed by atoms with Gasteiger partial charge < -0.3 is 9.42 Å². The molecule has 2 atom stereocenters. The number of aromatic nitrogens is 3. The highest BCUT2D eigenvalue weighted by molar-refractivity contribution is 5.92. The van der Waals surface area contributed by atoms with Gasteiger partial charge in [-0.05, 0) is 24.6 Å². The summed E-state index contributed by atoms with van der Waals surface area (Å²) in [5.41, 5.74) is 1.62. The molecule has 6 heteroatoms. The first-order valence-corrected chi connectivity index (χ1v) is 8.28. The molecule has 1 saturated heterocycles. The fraction of sp³-hybridized carbons (Fsp3) is 0.263. The van der Waals surface area contributed by atoms with Crippen LogP contribution >= 0.6 is 0 Å². The van der Waals surface area contributed by atoms with E-state index in [2.05, 4.69) is 27.3 Å². The van der Waals surface area contributed by atoms with Gasteiger partial charge >= 0.3 is 0 Å². The Kier molecular flexibility index (Phi) is 4.01. The third kappa shape index (κ3) is 3.03. The second kappa shape index (κ2) is 6.47. The van der Waals surface area contributed by atoms with Crippen molar-refractivity contribution >= 4 is 5.91 Å². The molecule has 0 saturated carbocycles. The number of nitrogens with zero attached hydrogens (tertiary/aromatic N) is 4. The van der Waals surface area contributed by atoms with Crippen LogP contribution in [0.5, 0.6) is 0 Å². The molecule has 0 spiro atoms. The molecule has 25 heavy (non-hydrogen) atoms. The number of carbonyl (C=O) groups excluding carboxylic acids is 1. The molecular weight excluding hydrogens is 316 g/mol. The molecule has 1 amide bonds. The molecule has 0 radical (unpaired) electrons. The zero-order valence-electron chi connectivity index (χ0n) is 13.9. The minimum absolute atomic E-state index is 0.0173. The van der Waals surface area contributed by atoms with Gasteiger partial charge in [0.05, 0.1) is 5.92 Å². The van der Waals surface area contributed by atoms with Crippen LogP contribution in [-0.2, 0) is 0 Å². The van der Waals surface area contributed by atoms with Crippen LogP contribution in [0.25, 0.3) is 0 Å². The number of benzene rings is 1. The minimum Gasteiger partial charge on any atom is -0.339 e. The van der Waals surface area contributed by atoms with Gasteiger partial charge in [-0.15, -0.1) is 0 Å². The zero-order chi connectivity index (χ0) is 17.2. The van der Waals surface area contributed by atoms with Gasteiger partial charge in [0.25, 0.3) is 5.91 Å². The van der Waals surface area contributed by atoms with E-state index in [1.54, 1.807) is 25.3 Å². The lowest BCUT2D eigenvalue weighted by atomic mass is 9.89. The average molecular weight is 334 g/mol. The molecule has 1 aliphatic rings. The van der Waals surface area contributed by atoms with Gasteiger partial charge in [0.2, 0.25) is 5.89 Å². The van der Waals surface area contributed by atoms with Crippen molar-refractivity contribution in [3.8, 4) is 0 Å². The Morgan fingerprint density at radius 2 is 1.84 bits per heavy atom. The highest BCUT2D eigenvalue weighted by atomic mass is 16.5. The number of pyridine rings is 1. The van der Waals surface area contributed by atoms with Gasteiger partial charge in [0.15, 0.2) is 5.82 Å². The van der Waals surface area contributed by atoms with Crippen LogP contribution < -0.4 is 0 Å². The fourth-order valence-corrected chi connectivity index (χ4v) is 3.37. The number of likely N-dealkylation sites (tertiary alicyclic amines) is 1. The zero-order valence-corrected chi connectivity index (χ0v) is 13.9. The van der Waals surface area contributed by atoms with Crippen molar-refractivity contribution < 1.29 is 9.32 Å². The van der Waals surface area contributed by atoms with E-state index in [0.29, 0.717) is 30.5 Å². The molecule has 0 N–H and O–H groups in total. The number of amides is 1. The Labute approximate surface area is 145 Å². The summed E-state index contributed by atoms with van der Waals surface area (Å²) < 4.78 is 5.42. The largest absolute Gasteiger partial charge is 0.339 e. The lowest BCUT2D eigenvalue weighted by Gasteiger charge is -2.16. The van der Waals surface area contributed by atoms with Crippen LogP contribution in [0.1, 0.15) is 39.6 Å². The fourth-order valence-electron chi connectivity index (χ4n) is 3.37. The van der Waals surface area contributed by atoms with E-state index >= 15 is 0 Å². The van der Waals surface area contributed by atoms with Gasteiger partial charge in [-0.25, -0.2) is 0 Å². The maximum Gasteiger partial charge on any atom is 0.272 e. The number of rotatable bonds is 3. The average Bonchev–Trinajstić information content (AvgIpc) is 3.29. The van der Waals surface area contributed by atoms with Gasteiger partial charge in [0, 0.05) is 25.2 Å². The van der Waals surface area contributed by atoms with Crippen LogP contribution in [0.4, 0.5) is 0 Å². The topological polar surface area (TPSA) is 72.1 Å². The molecule has 6 nitrogen and oxygen atoms in total. The monoisotopic (exact) mass is 334 g/mol. The van der Waals surface area contributed by atoms with Gasteiger partial charge in [-0.1, -0.05) is 41.6 Å². The third-order valence-corrected chi connectivity index (χ3v) is 4.58. The standard InChI is InChI=1S/C19H18N4O2/c1-13-21-18(25-22-13)16-12-23(19(24)17-9-5-6-10-20-17)11-15(16)14-7-3-2-4-8-14/h2-10,15-16H,11-12H2,1H3/t15-,16+/m1/s1. The molecule has 0 unspecified atom stereocenters. The smallest absolute Gasteiger partial charge is 0.272 e. The summed E-state index contributed by atoms with van der Waals surface area (Å²) >= 11 is 0. The number of hydrogen-bond donors (Lipinski definition) is 0. The van der Waals surface area contributed by atoms with Gasteiger partial charge in [-0.2, -0.15) is 4.98 Å². The van der Waals surface area contributed by atoms with Crippen molar-refractivity contribution in [1.82, 2.24) is 20.0 Å². The lowest BCUT2D eigenvalue weighted by Crippen LogP contribution is -2.29. The molecule has 1 fully saturated rings. The van der Waals surface area contributed by atoms with E-state index in [-0.39, 0.29) is 17.7 Å². The lowest BCUT2D eigenvalue weighted by molar-refractivity contribution is 0.0782. The number of hydrogen-bond acceptors (Lipinski definition) is 5. The Morgan fingerprint density at radius 3 is 2.52 bits per heavy atom. The van der Waals surface area contributed by atoms with Gasteiger partial charge in [0.1, 0.15) is 5.69 Å². The molecule has 4 rings (SSSR count). The molecule has 3 heterocycles. The minimum atomic E-state index is -0.0692. The predicted octanol–water partition coefficient (Wildman–Crippen LogP) is 2.80. The van der Waals surface area contributed by atoms with Crippen LogP contribution in [0.3, 0.4) is 0 Å². The molecule has 2 aromatic heterocycles. The highest BCUT2D eigenvalue weighted by Gasteiger charge is 2.40. The first-order valence-electron chi connectivity index (χ1n) is 8.28. The van der Waals surface area contributed by atoms with Crippen molar-refractivity contribution in [1.29, 1.82) is 0 Å². The van der Waals surface area contributed by atoms with Crippen molar-refractivity contribution in [2.24, 2.45) is 0 Å². The van der Waals surface area contributed by atoms with Crippen molar-refractivity contribution in [2.45, 2.75) is 18.8 Å². The summed E-state index contributed by atoms with van der Waals surface area (Å²) in [4.78, 5) is 23.2. The van der Waals surface area contributed by atoms with Crippen molar-refractivity contribution in [3.05, 3.63) is 77.7 Å². The maximum absolute atomic E-state index is 12.8. The highest BCUT2D eigenvalue weighted by Crippen LogP contribution is 2.39. The second-order valence-corrected chi connectivity index (χ2v) is 6.23. The summed E-state index contributed by atoms with van der Waals surface area (Å²) in [6, 6.07) is 15.5. The van der Waals surface area contributed by atoms with Crippen LogP contribution in [-0.4, -0.2) is 39.0 Å². The SMILES string of the molecule is Cc1noc([C@H]2CN(C(=O)c3ccccn3)C[C@@H]2c2ccccc2)n1. The van der Waals surface area contributed by atoms with Crippen molar-refractivity contribution in [3.63, 3.8) is 0 Å². The number of aryl methyl sites for hydroxylation is 1. The van der Waals surface area contributed by atoms with E-state index in [0.717, 1.165) is 0 Å². The van der Waals surface area contributed by atoms with Crippen LogP contribution in [0, 0.1) is 6.92 Å². The summed E-state index contributed by atoms with van der Waals surface area (Å²) in [5.74, 6) is 1.23. The van der Waals surface area contributed by atoms with Crippen LogP contribution in [0.2, 0.25) is 0 Å². The molecule has 1 aromatic carbocycles. The molecular formula is C19H18N4O2. The first kappa shape index (κ1) is 15.5. The number of carbonyl (C=O) groups is 1. The van der Waals surface area contributed by atoms with E-state index in [1.165, 1.54) is 5.56 Å². The normalized spacial score (nSPS) is 20.0. The molecule has 1 aliphatic heterocycles. The Balaban J connectivity index is 1.66. The van der Waals surface area contributed by atoms with E-state index < -0.39 is 0 Å². The summed E-state index contributed by atoms with van der Waals surface area (Å²) in [7, 11) is 0. The van der Waals surface area contributed by atoms with E-state index in [4.69, 9.17) is 4.52 Å². The van der Waals surface area contributed by atoms with Crippen molar-refractivity contribution in [2.75, 3.05) is 13.1 Å². The molecule has 126 valence electrons. The van der Waals surface area contributed by atoms with E-state index in [9.17, 15) is 4.79 Å². The van der Waals surface area contributed by atoms with Crippen LogP contribution in [0.15, 0.2) is 59.3 Å². The quantitative estimate of drug-likeness (QED) is 0.736. The second-order valence-electron chi connectivity index (χ2n) is 6.23. The summed E-state index contributed by atoms with van der Waals surface area (Å²) in [6.07, 6.45) is 1.64. The Hall–Kier alpha value is -3.02. The Morgan fingerprint density at radius 1 is 1.08 bits per heavy atom. The summed E-state index contributed by atoms with van der Waals surface area (Å²) in [5, 5.41) is 3.92. The maximum atomic E-state index is 12.8. The first-order chi connectivity index (χ1) is 12.2. The van der Waals surface area contributed by atoms with E-state index in [1.807, 2.05) is 29.2 Å². The molecule has 3 aromatic rings. The Bertz CT molecular complexity index is 863. The molecule has 0 bridgehead atoms. The molecule has 0 aliphatic carbocycles. The third-order valence-electron chi connectivity index (χ3n) is 4.58.